The third-order valence-electron chi connectivity index (χ3n) is 1.42. The molecule has 0 aliphatic carbocycles. The van der Waals surface area contributed by atoms with E-state index in [2.05, 4.69) is 4.74 Å². The minimum atomic E-state index is -0.355. The summed E-state index contributed by atoms with van der Waals surface area (Å²) in [6, 6.07) is 1.99. The second kappa shape index (κ2) is 6.47. The number of nitriles is 1. The molecule has 0 aliphatic rings. The molecule has 4 nitrogen and oxygen atoms in total. The molecule has 68 valence electrons. The van der Waals surface area contributed by atoms with E-state index in [1.54, 1.807) is 0 Å². The van der Waals surface area contributed by atoms with Gasteiger partial charge in [-0.25, -0.2) is 4.79 Å². The van der Waals surface area contributed by atoms with Crippen molar-refractivity contribution >= 4 is 6.09 Å². The molecule has 0 unspecified atom stereocenters. The van der Waals surface area contributed by atoms with Crippen molar-refractivity contribution in [3.05, 3.63) is 0 Å². The van der Waals surface area contributed by atoms with Crippen LogP contribution in [0.25, 0.3) is 0 Å². The van der Waals surface area contributed by atoms with Crippen LogP contribution in [0.15, 0.2) is 0 Å². The lowest BCUT2D eigenvalue weighted by atomic mass is 10.4. The van der Waals surface area contributed by atoms with Crippen molar-refractivity contribution in [3.63, 3.8) is 0 Å². The molecule has 4 heteroatoms. The summed E-state index contributed by atoms with van der Waals surface area (Å²) in [5.74, 6) is 0. The maximum Gasteiger partial charge on any atom is 0.409 e. The van der Waals surface area contributed by atoms with Gasteiger partial charge in [0, 0.05) is 13.1 Å². The number of hydrogen-bond acceptors (Lipinski definition) is 3. The Labute approximate surface area is 72.7 Å². The van der Waals surface area contributed by atoms with E-state index in [0.29, 0.717) is 19.5 Å². The molecule has 0 aromatic heterocycles. The van der Waals surface area contributed by atoms with Crippen LogP contribution in [0.5, 0.6) is 0 Å². The number of amides is 1. The molecule has 0 N–H and O–H groups in total. The quantitative estimate of drug-likeness (QED) is 0.640. The monoisotopic (exact) mass is 170 g/mol. The minimum Gasteiger partial charge on any atom is -0.453 e. The molecule has 0 atom stereocenters. The smallest absolute Gasteiger partial charge is 0.409 e. The lowest BCUT2D eigenvalue weighted by Gasteiger charge is -2.18. The number of nitrogens with zero attached hydrogens (tertiary/aromatic N) is 2. The van der Waals surface area contributed by atoms with E-state index in [1.807, 2.05) is 13.0 Å². The molecule has 0 bridgehead atoms. The van der Waals surface area contributed by atoms with Crippen LogP contribution in [-0.2, 0) is 4.74 Å². The first-order valence-corrected chi connectivity index (χ1v) is 3.96. The summed E-state index contributed by atoms with van der Waals surface area (Å²) in [6.07, 6.45) is 0.877. The highest BCUT2D eigenvalue weighted by atomic mass is 16.5. The predicted octanol–water partition coefficient (Wildman–Crippen LogP) is 1.38. The van der Waals surface area contributed by atoms with Crippen LogP contribution in [0.3, 0.4) is 0 Å². The minimum absolute atomic E-state index is 0.355. The molecule has 0 aromatic rings. The molecular weight excluding hydrogens is 156 g/mol. The third kappa shape index (κ3) is 3.81. The van der Waals surface area contributed by atoms with Gasteiger partial charge in [-0.1, -0.05) is 6.92 Å². The maximum atomic E-state index is 11.0. The summed E-state index contributed by atoms with van der Waals surface area (Å²) < 4.78 is 4.54. The summed E-state index contributed by atoms with van der Waals surface area (Å²) in [6.45, 7) is 3.08. The Morgan fingerprint density at radius 2 is 2.25 bits per heavy atom. The van der Waals surface area contributed by atoms with Crippen molar-refractivity contribution in [1.29, 1.82) is 5.26 Å². The second-order valence-electron chi connectivity index (χ2n) is 2.37. The molecule has 0 rings (SSSR count). The zero-order valence-corrected chi connectivity index (χ0v) is 7.54. The van der Waals surface area contributed by atoms with E-state index < -0.39 is 0 Å². The molecule has 0 saturated heterocycles. The van der Waals surface area contributed by atoms with Gasteiger partial charge >= 0.3 is 6.09 Å². The highest BCUT2D eigenvalue weighted by Crippen LogP contribution is 1.96. The number of hydrogen-bond donors (Lipinski definition) is 0. The molecule has 0 saturated carbocycles. The van der Waals surface area contributed by atoms with Crippen LogP contribution in [0.2, 0.25) is 0 Å². The van der Waals surface area contributed by atoms with Gasteiger partial charge in [-0.15, -0.1) is 0 Å². The van der Waals surface area contributed by atoms with Crippen LogP contribution >= 0.6 is 0 Å². The van der Waals surface area contributed by atoms with Crippen LogP contribution in [-0.4, -0.2) is 31.2 Å². The van der Waals surface area contributed by atoms with E-state index in [1.165, 1.54) is 12.0 Å². The topological polar surface area (TPSA) is 53.3 Å². The van der Waals surface area contributed by atoms with Crippen LogP contribution in [0, 0.1) is 11.3 Å². The van der Waals surface area contributed by atoms with Gasteiger partial charge < -0.3 is 9.64 Å². The van der Waals surface area contributed by atoms with Gasteiger partial charge in [-0.05, 0) is 6.42 Å². The van der Waals surface area contributed by atoms with Crippen molar-refractivity contribution in [3.8, 4) is 6.07 Å². The highest BCUT2D eigenvalue weighted by molar-refractivity contribution is 5.67. The van der Waals surface area contributed by atoms with Crippen molar-refractivity contribution < 1.29 is 9.53 Å². The van der Waals surface area contributed by atoms with Crippen molar-refractivity contribution in [1.82, 2.24) is 4.90 Å². The van der Waals surface area contributed by atoms with Gasteiger partial charge in [0.25, 0.3) is 0 Å². The summed E-state index contributed by atoms with van der Waals surface area (Å²) in [7, 11) is 1.34. The van der Waals surface area contributed by atoms with Crippen molar-refractivity contribution in [2.75, 3.05) is 20.2 Å². The summed E-state index contributed by atoms with van der Waals surface area (Å²) in [5.41, 5.74) is 0. The van der Waals surface area contributed by atoms with Crippen molar-refractivity contribution in [2.45, 2.75) is 19.8 Å². The molecule has 0 aliphatic heterocycles. The largest absolute Gasteiger partial charge is 0.453 e. The third-order valence-corrected chi connectivity index (χ3v) is 1.42. The predicted molar refractivity (Wildman–Crippen MR) is 44.5 cm³/mol. The van der Waals surface area contributed by atoms with E-state index >= 15 is 0 Å². The number of methoxy groups -OCH3 is 1. The molecule has 0 spiro atoms. The molecule has 0 aromatic carbocycles. The first-order valence-electron chi connectivity index (χ1n) is 3.96. The van der Waals surface area contributed by atoms with Gasteiger partial charge in [-0.3, -0.25) is 0 Å². The fourth-order valence-corrected chi connectivity index (χ4v) is 0.878. The van der Waals surface area contributed by atoms with E-state index in [0.717, 1.165) is 6.42 Å². The number of rotatable bonds is 4. The molecule has 12 heavy (non-hydrogen) atoms. The number of ether oxygens (including phenoxy) is 1. The zero-order valence-electron chi connectivity index (χ0n) is 7.54. The molecule has 0 heterocycles. The van der Waals surface area contributed by atoms with Gasteiger partial charge in [-0.2, -0.15) is 5.26 Å². The Kier molecular flexibility index (Phi) is 5.80. The lowest BCUT2D eigenvalue weighted by Crippen LogP contribution is -2.32. The normalized spacial score (nSPS) is 8.75. The van der Waals surface area contributed by atoms with Gasteiger partial charge in [0.1, 0.15) is 0 Å². The van der Waals surface area contributed by atoms with Crippen LogP contribution in [0.4, 0.5) is 4.79 Å². The Hall–Kier alpha value is -1.24. The van der Waals surface area contributed by atoms with Crippen LogP contribution < -0.4 is 0 Å². The summed E-state index contributed by atoms with van der Waals surface area (Å²) in [5, 5.41) is 8.31. The Bertz CT molecular complexity index is 174. The maximum absolute atomic E-state index is 11.0. The van der Waals surface area contributed by atoms with E-state index in [4.69, 9.17) is 5.26 Å². The molecule has 0 radical (unpaired) electrons. The van der Waals surface area contributed by atoms with E-state index in [9.17, 15) is 4.79 Å². The summed E-state index contributed by atoms with van der Waals surface area (Å²) in [4.78, 5) is 12.5. The average molecular weight is 170 g/mol. The number of carbonyl (C=O) groups excluding carboxylic acids is 1. The molecule has 0 fully saturated rings. The highest BCUT2D eigenvalue weighted by Gasteiger charge is 2.10. The van der Waals surface area contributed by atoms with Crippen molar-refractivity contribution in [2.24, 2.45) is 0 Å². The SMILES string of the molecule is CCCN(CCC#N)C(=O)OC. The second-order valence-corrected chi connectivity index (χ2v) is 2.37. The fourth-order valence-electron chi connectivity index (χ4n) is 0.878. The Morgan fingerprint density at radius 3 is 2.67 bits per heavy atom. The average Bonchev–Trinajstić information content (AvgIpc) is 2.11. The standard InChI is InChI=1S/C8H14N2O2/c1-3-6-10(7-4-5-9)8(11)12-2/h3-4,6-7H2,1-2H3. The first-order chi connectivity index (χ1) is 5.76. The fraction of sp³-hybridized carbons (Fsp3) is 0.750. The van der Waals surface area contributed by atoms with Crippen LogP contribution in [0.1, 0.15) is 19.8 Å². The van der Waals surface area contributed by atoms with Gasteiger partial charge in [0.2, 0.25) is 0 Å². The Morgan fingerprint density at radius 1 is 1.58 bits per heavy atom. The van der Waals surface area contributed by atoms with E-state index in [-0.39, 0.29) is 6.09 Å². The molecular formula is C8H14N2O2. The summed E-state index contributed by atoms with van der Waals surface area (Å²) >= 11 is 0. The van der Waals surface area contributed by atoms with Gasteiger partial charge in [0.05, 0.1) is 19.6 Å². The van der Waals surface area contributed by atoms with Gasteiger partial charge in [0.15, 0.2) is 0 Å². The number of carbonyl (C=O) groups is 1. The zero-order chi connectivity index (χ0) is 9.40. The lowest BCUT2D eigenvalue weighted by molar-refractivity contribution is 0.124. The molecule has 1 amide bonds. The first kappa shape index (κ1) is 10.8. The Balaban J connectivity index is 3.86.